The summed E-state index contributed by atoms with van der Waals surface area (Å²) in [4.78, 5) is 30.0. The van der Waals surface area contributed by atoms with Crippen LogP contribution >= 0.6 is 23.4 Å². The minimum atomic E-state index is -3.61. The SMILES string of the molecule is CCCn1c(SCC(=O)Nc2cccc(S(=O)(=O)N(C)C)c2)nc2cc(Cl)ccc2c1=O. The number of sulfonamides is 1. The van der Waals surface area contributed by atoms with Gasteiger partial charge in [-0.05, 0) is 42.8 Å². The third-order valence-electron chi connectivity index (χ3n) is 4.56. The van der Waals surface area contributed by atoms with E-state index >= 15 is 0 Å². The van der Waals surface area contributed by atoms with Crippen molar-refractivity contribution in [3.8, 4) is 0 Å². The quantitative estimate of drug-likeness (QED) is 0.380. The molecule has 0 aliphatic rings. The fourth-order valence-electron chi connectivity index (χ4n) is 2.98. The van der Waals surface area contributed by atoms with E-state index in [1.807, 2.05) is 6.92 Å². The second-order valence-electron chi connectivity index (χ2n) is 7.16. The molecule has 0 atom stereocenters. The Hall–Kier alpha value is -2.40. The number of nitrogens with zero attached hydrogens (tertiary/aromatic N) is 3. The first-order valence-electron chi connectivity index (χ1n) is 9.79. The Morgan fingerprint density at radius 2 is 1.97 bits per heavy atom. The Morgan fingerprint density at radius 1 is 1.22 bits per heavy atom. The molecule has 3 aromatic rings. The molecule has 170 valence electrons. The molecule has 32 heavy (non-hydrogen) atoms. The minimum Gasteiger partial charge on any atom is -0.325 e. The van der Waals surface area contributed by atoms with Crippen molar-refractivity contribution in [2.75, 3.05) is 25.2 Å². The molecule has 8 nitrogen and oxygen atoms in total. The van der Waals surface area contributed by atoms with Crippen LogP contribution in [0.4, 0.5) is 5.69 Å². The van der Waals surface area contributed by atoms with Crippen molar-refractivity contribution < 1.29 is 13.2 Å². The molecule has 2 aromatic carbocycles. The number of hydrogen-bond donors (Lipinski definition) is 1. The van der Waals surface area contributed by atoms with Crippen LogP contribution < -0.4 is 10.9 Å². The van der Waals surface area contributed by atoms with Crippen LogP contribution in [-0.2, 0) is 21.4 Å². The molecular weight excluding hydrogens is 472 g/mol. The van der Waals surface area contributed by atoms with Crippen LogP contribution in [0, 0.1) is 0 Å². The number of thioether (sulfide) groups is 1. The minimum absolute atomic E-state index is 0.00706. The lowest BCUT2D eigenvalue weighted by atomic mass is 10.2. The van der Waals surface area contributed by atoms with Gasteiger partial charge in [-0.3, -0.25) is 14.2 Å². The highest BCUT2D eigenvalue weighted by atomic mass is 35.5. The topological polar surface area (TPSA) is 101 Å². The predicted octanol–water partition coefficient (Wildman–Crippen LogP) is 3.44. The summed E-state index contributed by atoms with van der Waals surface area (Å²) in [6.07, 6.45) is 0.730. The van der Waals surface area contributed by atoms with Gasteiger partial charge in [-0.25, -0.2) is 17.7 Å². The van der Waals surface area contributed by atoms with E-state index in [2.05, 4.69) is 10.3 Å². The Bertz CT molecular complexity index is 1320. The van der Waals surface area contributed by atoms with E-state index in [9.17, 15) is 18.0 Å². The fraction of sp³-hybridized carbons (Fsp3) is 0.286. The molecule has 3 rings (SSSR count). The van der Waals surface area contributed by atoms with E-state index in [-0.39, 0.29) is 22.1 Å². The van der Waals surface area contributed by atoms with E-state index in [4.69, 9.17) is 11.6 Å². The zero-order valence-corrected chi connectivity index (χ0v) is 20.2. The molecule has 1 aromatic heterocycles. The van der Waals surface area contributed by atoms with Crippen molar-refractivity contribution in [3.63, 3.8) is 0 Å². The number of anilines is 1. The number of carbonyl (C=O) groups excluding carboxylic acids is 1. The van der Waals surface area contributed by atoms with Gasteiger partial charge in [-0.1, -0.05) is 36.4 Å². The van der Waals surface area contributed by atoms with Gasteiger partial charge in [0.1, 0.15) is 0 Å². The molecule has 1 N–H and O–H groups in total. The maximum absolute atomic E-state index is 12.9. The van der Waals surface area contributed by atoms with Crippen molar-refractivity contribution in [3.05, 3.63) is 57.8 Å². The maximum atomic E-state index is 12.9. The summed E-state index contributed by atoms with van der Waals surface area (Å²) in [5, 5.41) is 4.06. The first-order chi connectivity index (χ1) is 15.1. The standard InChI is InChI=1S/C21H23ClN4O4S2/c1-4-10-26-20(28)17-9-8-14(22)11-18(17)24-21(26)31-13-19(27)23-15-6-5-7-16(12-15)32(29,30)25(2)3/h5-9,11-12H,4,10,13H2,1-3H3,(H,23,27). The van der Waals surface area contributed by atoms with Gasteiger partial charge in [0.2, 0.25) is 15.9 Å². The van der Waals surface area contributed by atoms with Crippen LogP contribution in [0.5, 0.6) is 0 Å². The summed E-state index contributed by atoms with van der Waals surface area (Å²) >= 11 is 7.17. The van der Waals surface area contributed by atoms with E-state index < -0.39 is 10.0 Å². The van der Waals surface area contributed by atoms with Crippen molar-refractivity contribution in [2.24, 2.45) is 0 Å². The van der Waals surface area contributed by atoms with Gasteiger partial charge in [0.15, 0.2) is 5.16 Å². The summed E-state index contributed by atoms with van der Waals surface area (Å²) < 4.78 is 27.3. The van der Waals surface area contributed by atoms with Crippen LogP contribution in [-0.4, -0.2) is 48.0 Å². The van der Waals surface area contributed by atoms with Crippen LogP contribution in [0.3, 0.4) is 0 Å². The van der Waals surface area contributed by atoms with Crippen LogP contribution in [0.1, 0.15) is 13.3 Å². The number of carbonyl (C=O) groups is 1. The maximum Gasteiger partial charge on any atom is 0.262 e. The first-order valence-corrected chi connectivity index (χ1v) is 12.6. The first kappa shape index (κ1) is 24.2. The smallest absolute Gasteiger partial charge is 0.262 e. The fourth-order valence-corrected chi connectivity index (χ4v) is 4.92. The zero-order chi connectivity index (χ0) is 23.5. The van der Waals surface area contributed by atoms with Crippen LogP contribution in [0.2, 0.25) is 5.02 Å². The van der Waals surface area contributed by atoms with Crippen molar-refractivity contribution in [1.29, 1.82) is 0 Å². The van der Waals surface area contributed by atoms with Gasteiger partial charge in [-0.2, -0.15) is 0 Å². The molecule has 0 bridgehead atoms. The molecular formula is C21H23ClN4O4S2. The Labute approximate surface area is 195 Å². The molecule has 0 aliphatic heterocycles. The van der Waals surface area contributed by atoms with Crippen LogP contribution in [0.25, 0.3) is 10.9 Å². The van der Waals surface area contributed by atoms with Crippen molar-refractivity contribution in [2.45, 2.75) is 29.9 Å². The molecule has 1 amide bonds. The second-order valence-corrected chi connectivity index (χ2v) is 10.7. The van der Waals surface area contributed by atoms with Crippen LogP contribution in [0.15, 0.2) is 57.3 Å². The number of nitrogens with one attached hydrogen (secondary N) is 1. The van der Waals surface area contributed by atoms with E-state index in [1.54, 1.807) is 34.9 Å². The summed E-state index contributed by atoms with van der Waals surface area (Å²) in [6, 6.07) is 11.0. The third kappa shape index (κ3) is 5.32. The van der Waals surface area contributed by atoms with Gasteiger partial charge in [-0.15, -0.1) is 0 Å². The summed E-state index contributed by atoms with van der Waals surface area (Å²) in [5.74, 6) is -0.356. The second kappa shape index (κ2) is 10.0. The van der Waals surface area contributed by atoms with Gasteiger partial charge in [0.25, 0.3) is 5.56 Å². The molecule has 0 spiro atoms. The number of fused-ring (bicyclic) bond motifs is 1. The lowest BCUT2D eigenvalue weighted by molar-refractivity contribution is -0.113. The Balaban J connectivity index is 1.80. The molecule has 0 aliphatic carbocycles. The number of aromatic nitrogens is 2. The Morgan fingerprint density at radius 3 is 2.66 bits per heavy atom. The lowest BCUT2D eigenvalue weighted by Crippen LogP contribution is -2.24. The molecule has 0 unspecified atom stereocenters. The summed E-state index contributed by atoms with van der Waals surface area (Å²) in [6.45, 7) is 2.42. The monoisotopic (exact) mass is 494 g/mol. The number of rotatable bonds is 8. The predicted molar refractivity (Wildman–Crippen MR) is 128 cm³/mol. The average molecular weight is 495 g/mol. The van der Waals surface area contributed by atoms with Crippen molar-refractivity contribution in [1.82, 2.24) is 13.9 Å². The highest BCUT2D eigenvalue weighted by molar-refractivity contribution is 7.99. The third-order valence-corrected chi connectivity index (χ3v) is 7.58. The Kier molecular flexibility index (Phi) is 7.60. The molecule has 11 heteroatoms. The largest absolute Gasteiger partial charge is 0.325 e. The van der Waals surface area contributed by atoms with Gasteiger partial charge in [0.05, 0.1) is 21.6 Å². The number of halogens is 1. The van der Waals surface area contributed by atoms with E-state index in [0.29, 0.717) is 33.3 Å². The van der Waals surface area contributed by atoms with Crippen molar-refractivity contribution >= 4 is 55.9 Å². The molecule has 0 saturated heterocycles. The van der Waals surface area contributed by atoms with Gasteiger partial charge < -0.3 is 5.32 Å². The average Bonchev–Trinajstić information content (AvgIpc) is 2.74. The number of amides is 1. The molecule has 0 fully saturated rings. The zero-order valence-electron chi connectivity index (χ0n) is 17.8. The number of hydrogen-bond acceptors (Lipinski definition) is 6. The normalized spacial score (nSPS) is 11.8. The highest BCUT2D eigenvalue weighted by Crippen LogP contribution is 2.22. The van der Waals surface area contributed by atoms with E-state index in [0.717, 1.165) is 22.5 Å². The molecule has 1 heterocycles. The molecule has 0 saturated carbocycles. The molecule has 0 radical (unpaired) electrons. The van der Waals surface area contributed by atoms with Gasteiger partial charge >= 0.3 is 0 Å². The summed E-state index contributed by atoms with van der Waals surface area (Å²) in [5.41, 5.74) is 0.653. The van der Waals surface area contributed by atoms with E-state index in [1.165, 1.54) is 26.2 Å². The summed E-state index contributed by atoms with van der Waals surface area (Å²) in [7, 11) is -0.731. The number of benzene rings is 2. The lowest BCUT2D eigenvalue weighted by Gasteiger charge is -2.13. The highest BCUT2D eigenvalue weighted by Gasteiger charge is 2.18. The van der Waals surface area contributed by atoms with Gasteiger partial charge in [0, 0.05) is 31.4 Å².